The summed E-state index contributed by atoms with van der Waals surface area (Å²) < 4.78 is 2.23. The first-order chi connectivity index (χ1) is 20.0. The van der Waals surface area contributed by atoms with Crippen molar-refractivity contribution < 1.29 is 9.90 Å². The Bertz CT molecular complexity index is 1680. The van der Waals surface area contributed by atoms with Crippen molar-refractivity contribution >= 4 is 16.9 Å². The normalized spacial score (nSPS) is 17.1. The van der Waals surface area contributed by atoms with Crippen molar-refractivity contribution in [3.05, 3.63) is 77.6 Å². The highest BCUT2D eigenvalue weighted by Crippen LogP contribution is 2.35. The predicted octanol–water partition coefficient (Wildman–Crippen LogP) is 5.56. The molecule has 0 spiro atoms. The summed E-state index contributed by atoms with van der Waals surface area (Å²) in [4.78, 5) is 18.2. The van der Waals surface area contributed by atoms with Crippen LogP contribution in [0.25, 0.3) is 39.2 Å². The number of imidazole rings is 1. The molecule has 210 valence electrons. The molecule has 2 unspecified atom stereocenters. The quantitative estimate of drug-likeness (QED) is 0.233. The van der Waals surface area contributed by atoms with Crippen LogP contribution in [0.5, 0.6) is 0 Å². The molecular formula is C32H35N7O2. The van der Waals surface area contributed by atoms with Gasteiger partial charge in [-0.1, -0.05) is 62.6 Å². The largest absolute Gasteiger partial charge is 0.391 e. The van der Waals surface area contributed by atoms with Gasteiger partial charge in [0.2, 0.25) is 5.82 Å². The fourth-order valence-corrected chi connectivity index (χ4v) is 5.92. The molecule has 2 aromatic heterocycles. The number of aryl methyl sites for hydroxylation is 1. The topological polar surface area (TPSA) is 122 Å². The zero-order valence-electron chi connectivity index (χ0n) is 23.5. The van der Waals surface area contributed by atoms with Crippen LogP contribution < -0.4 is 5.32 Å². The van der Waals surface area contributed by atoms with E-state index < -0.39 is 6.10 Å². The van der Waals surface area contributed by atoms with Gasteiger partial charge >= 0.3 is 0 Å². The number of aromatic amines is 1. The molecule has 0 saturated heterocycles. The first-order valence-electron chi connectivity index (χ1n) is 14.5. The van der Waals surface area contributed by atoms with Crippen LogP contribution in [0.4, 0.5) is 0 Å². The number of tetrazole rings is 1. The molecule has 1 fully saturated rings. The van der Waals surface area contributed by atoms with Crippen LogP contribution in [0, 0.1) is 6.92 Å². The number of aliphatic hydroxyl groups excluding tert-OH is 1. The van der Waals surface area contributed by atoms with Crippen LogP contribution in [0.2, 0.25) is 0 Å². The molecule has 2 atom stereocenters. The molecule has 9 heteroatoms. The molecule has 1 aliphatic rings. The van der Waals surface area contributed by atoms with Crippen LogP contribution in [-0.2, 0) is 6.42 Å². The van der Waals surface area contributed by atoms with Gasteiger partial charge in [0, 0.05) is 17.5 Å². The molecule has 9 nitrogen and oxygen atoms in total. The van der Waals surface area contributed by atoms with E-state index in [1.54, 1.807) is 0 Å². The Balaban J connectivity index is 1.42. The van der Waals surface area contributed by atoms with Crippen LogP contribution in [-0.4, -0.2) is 53.3 Å². The average molecular weight is 550 g/mol. The number of hydrogen-bond donors (Lipinski definition) is 3. The molecule has 0 aliphatic heterocycles. The number of unbranched alkanes of at least 4 members (excludes halogenated alkanes) is 1. The Morgan fingerprint density at radius 1 is 1.05 bits per heavy atom. The van der Waals surface area contributed by atoms with E-state index in [2.05, 4.69) is 68.6 Å². The molecule has 6 rings (SSSR count). The summed E-state index contributed by atoms with van der Waals surface area (Å²) in [5.74, 6) is 1.35. The van der Waals surface area contributed by atoms with Gasteiger partial charge in [0.1, 0.15) is 5.82 Å². The second kappa shape index (κ2) is 11.6. The molecule has 2 heterocycles. The first-order valence-corrected chi connectivity index (χ1v) is 14.5. The highest BCUT2D eigenvalue weighted by Gasteiger charge is 2.25. The highest BCUT2D eigenvalue weighted by molar-refractivity contribution is 5.98. The smallest absolute Gasteiger partial charge is 0.251 e. The summed E-state index contributed by atoms with van der Waals surface area (Å²) in [7, 11) is 0. The zero-order chi connectivity index (χ0) is 28.3. The Labute approximate surface area is 239 Å². The van der Waals surface area contributed by atoms with Crippen molar-refractivity contribution in [2.24, 2.45) is 0 Å². The van der Waals surface area contributed by atoms with E-state index in [0.29, 0.717) is 11.4 Å². The van der Waals surface area contributed by atoms with Crippen molar-refractivity contribution in [2.75, 3.05) is 0 Å². The molecule has 0 bridgehead atoms. The van der Waals surface area contributed by atoms with Gasteiger partial charge in [-0.3, -0.25) is 9.36 Å². The Kier molecular flexibility index (Phi) is 7.61. The van der Waals surface area contributed by atoms with Crippen LogP contribution in [0.15, 0.2) is 60.7 Å². The summed E-state index contributed by atoms with van der Waals surface area (Å²) in [6, 6.07) is 19.9. The minimum Gasteiger partial charge on any atom is -0.391 e. The number of nitrogens with zero attached hydrogens (tertiary/aromatic N) is 5. The lowest BCUT2D eigenvalue weighted by Crippen LogP contribution is -2.45. The number of aliphatic hydroxyl groups is 1. The molecule has 5 aromatic rings. The van der Waals surface area contributed by atoms with Crippen molar-refractivity contribution in [1.82, 2.24) is 35.5 Å². The second-order valence-corrected chi connectivity index (χ2v) is 10.8. The number of carbonyl (C=O) groups excluding carboxylic acids is 1. The molecular weight excluding hydrogens is 514 g/mol. The number of aromatic nitrogens is 6. The molecule has 1 aliphatic carbocycles. The summed E-state index contributed by atoms with van der Waals surface area (Å²) >= 11 is 0. The lowest BCUT2D eigenvalue weighted by Gasteiger charge is -2.28. The highest BCUT2D eigenvalue weighted by atomic mass is 16.3. The van der Waals surface area contributed by atoms with Crippen molar-refractivity contribution in [3.63, 3.8) is 0 Å². The standard InChI is InChI=1S/C32H35N7O2/c1-3-4-16-30-33-26-19-21(32(41)34-25-13-7-8-15-29(25)40)17-18-28(26)39(30)27-14-9-12-22(20(27)2)23-10-5-6-11-24(23)31-35-37-38-36-31/h5-6,9-12,14,17-19,25,29,40H,3-4,7-8,13,15-16H2,1-2H3,(H,34,41)(H,35,36,37,38). The minimum absolute atomic E-state index is 0.168. The van der Waals surface area contributed by atoms with Crippen LogP contribution in [0.3, 0.4) is 0 Å². The fraction of sp³-hybridized carbons (Fsp3) is 0.344. The molecule has 3 aromatic carbocycles. The van der Waals surface area contributed by atoms with Crippen LogP contribution in [0.1, 0.15) is 67.2 Å². The maximum atomic E-state index is 13.1. The van der Waals surface area contributed by atoms with Crippen LogP contribution >= 0.6 is 0 Å². The van der Waals surface area contributed by atoms with Crippen molar-refractivity contribution in [1.29, 1.82) is 0 Å². The SMILES string of the molecule is CCCCc1nc2cc(C(=O)NC3CCCCC3O)ccc2n1-c1cccc(-c2ccccc2-c2nn[nH]n2)c1C. The Hall–Kier alpha value is -4.37. The van der Waals surface area contributed by atoms with Gasteiger partial charge in [-0.05, 0) is 72.4 Å². The maximum Gasteiger partial charge on any atom is 0.251 e. The molecule has 41 heavy (non-hydrogen) atoms. The van der Waals surface area contributed by atoms with Gasteiger partial charge < -0.3 is 10.4 Å². The monoisotopic (exact) mass is 549 g/mol. The molecule has 3 N–H and O–H groups in total. The first kappa shape index (κ1) is 26.8. The Morgan fingerprint density at radius 3 is 2.63 bits per heavy atom. The third-order valence-corrected chi connectivity index (χ3v) is 8.14. The van der Waals surface area contributed by atoms with E-state index in [-0.39, 0.29) is 11.9 Å². The summed E-state index contributed by atoms with van der Waals surface area (Å²) in [6.45, 7) is 4.31. The molecule has 1 amide bonds. The summed E-state index contributed by atoms with van der Waals surface area (Å²) in [5.41, 5.74) is 7.45. The number of fused-ring (bicyclic) bond motifs is 1. The van der Waals surface area contributed by atoms with Gasteiger partial charge in [0.25, 0.3) is 5.91 Å². The minimum atomic E-state index is -0.489. The maximum absolute atomic E-state index is 13.1. The third kappa shape index (κ3) is 5.25. The van der Waals surface area contributed by atoms with Gasteiger partial charge in [-0.25, -0.2) is 4.98 Å². The molecule has 0 radical (unpaired) electrons. The van der Waals surface area contributed by atoms with E-state index in [1.165, 1.54) is 0 Å². The van der Waals surface area contributed by atoms with E-state index in [9.17, 15) is 9.90 Å². The van der Waals surface area contributed by atoms with E-state index >= 15 is 0 Å². The fourth-order valence-electron chi connectivity index (χ4n) is 5.92. The van der Waals surface area contributed by atoms with Crippen molar-refractivity contribution in [3.8, 4) is 28.2 Å². The predicted molar refractivity (Wildman–Crippen MR) is 159 cm³/mol. The lowest BCUT2D eigenvalue weighted by molar-refractivity contribution is 0.0717. The van der Waals surface area contributed by atoms with Gasteiger partial charge in [-0.2, -0.15) is 5.21 Å². The summed E-state index contributed by atoms with van der Waals surface area (Å²) in [5, 5.41) is 28.1. The second-order valence-electron chi connectivity index (χ2n) is 10.8. The van der Waals surface area contributed by atoms with Gasteiger partial charge in [-0.15, -0.1) is 10.2 Å². The Morgan fingerprint density at radius 2 is 1.85 bits per heavy atom. The summed E-state index contributed by atoms with van der Waals surface area (Å²) in [6.07, 6.45) is 5.95. The number of H-pyrrole nitrogens is 1. The number of rotatable bonds is 8. The number of benzene rings is 3. The van der Waals surface area contributed by atoms with Crippen molar-refractivity contribution in [2.45, 2.75) is 70.9 Å². The average Bonchev–Trinajstić information content (AvgIpc) is 3.65. The van der Waals surface area contributed by atoms with E-state index in [0.717, 1.165) is 89.7 Å². The third-order valence-electron chi connectivity index (χ3n) is 8.14. The van der Waals surface area contributed by atoms with Gasteiger partial charge in [0.15, 0.2) is 0 Å². The number of amides is 1. The van der Waals surface area contributed by atoms with E-state index in [4.69, 9.17) is 4.98 Å². The molecule has 1 saturated carbocycles. The lowest BCUT2D eigenvalue weighted by atomic mass is 9.92. The van der Waals surface area contributed by atoms with Gasteiger partial charge in [0.05, 0.1) is 28.9 Å². The number of carbonyl (C=O) groups is 1. The number of nitrogens with one attached hydrogen (secondary N) is 2. The zero-order valence-corrected chi connectivity index (χ0v) is 23.5. The number of hydrogen-bond acceptors (Lipinski definition) is 6. The van der Waals surface area contributed by atoms with E-state index in [1.807, 2.05) is 36.4 Å².